The van der Waals surface area contributed by atoms with Gasteiger partial charge in [0.25, 0.3) is 0 Å². The third-order valence-electron chi connectivity index (χ3n) is 5.59. The van der Waals surface area contributed by atoms with E-state index in [1.165, 1.54) is 0 Å². The molecule has 3 heterocycles. The lowest BCUT2D eigenvalue weighted by Gasteiger charge is -2.48. The molecule has 0 bridgehead atoms. The van der Waals surface area contributed by atoms with Crippen LogP contribution >= 0.6 is 0 Å². The van der Waals surface area contributed by atoms with E-state index in [1.54, 1.807) is 4.90 Å². The summed E-state index contributed by atoms with van der Waals surface area (Å²) >= 11 is 0. The van der Waals surface area contributed by atoms with Gasteiger partial charge in [-0.1, -0.05) is 19.4 Å². The lowest BCUT2D eigenvalue weighted by molar-refractivity contribution is -0.222. The molecule has 0 saturated carbocycles. The molecule has 1 amide bonds. The summed E-state index contributed by atoms with van der Waals surface area (Å²) in [6, 6.07) is -1.18. The lowest BCUT2D eigenvalue weighted by Crippen LogP contribution is -2.76. The molecule has 11 heteroatoms. The predicted octanol–water partition coefficient (Wildman–Crippen LogP) is -1.96. The van der Waals surface area contributed by atoms with E-state index in [1.807, 2.05) is 0 Å². The van der Waals surface area contributed by atoms with Crippen molar-refractivity contribution in [1.82, 2.24) is 20.9 Å². The average Bonchev–Trinajstić information content (AvgIpc) is 3.13. The van der Waals surface area contributed by atoms with Gasteiger partial charge in [-0.3, -0.25) is 0 Å². The molecule has 3 aliphatic heterocycles. The molecular formula is C17H31N7O4. The van der Waals surface area contributed by atoms with E-state index in [0.29, 0.717) is 25.5 Å². The van der Waals surface area contributed by atoms with Crippen LogP contribution in [0.4, 0.5) is 4.79 Å². The van der Waals surface area contributed by atoms with Gasteiger partial charge in [-0.15, -0.1) is 0 Å². The Bertz CT molecular complexity index is 641. The minimum Gasteiger partial charge on any atom is -0.447 e. The van der Waals surface area contributed by atoms with Gasteiger partial charge in [0.15, 0.2) is 11.6 Å². The Morgan fingerprint density at radius 3 is 2.89 bits per heavy atom. The van der Waals surface area contributed by atoms with Crippen LogP contribution in [-0.4, -0.2) is 76.9 Å². The number of carbonyl (C=O) groups excluding carboxylic acids is 1. The van der Waals surface area contributed by atoms with Gasteiger partial charge in [0.1, 0.15) is 18.7 Å². The maximum atomic E-state index is 12.0. The predicted molar refractivity (Wildman–Crippen MR) is 103 cm³/mol. The quantitative estimate of drug-likeness (QED) is 0.181. The normalized spacial score (nSPS) is 30.0. The maximum Gasteiger partial charge on any atom is 0.407 e. The molecule has 3 rings (SSSR count). The zero-order valence-electron chi connectivity index (χ0n) is 16.0. The Hall–Kier alpha value is -2.24. The number of hydrogen-bond donors (Lipinski definition) is 7. The van der Waals surface area contributed by atoms with Crippen LogP contribution in [0.5, 0.6) is 0 Å². The Labute approximate surface area is 164 Å². The Morgan fingerprint density at radius 2 is 2.14 bits per heavy atom. The van der Waals surface area contributed by atoms with Crippen LogP contribution in [0.3, 0.4) is 0 Å². The van der Waals surface area contributed by atoms with E-state index in [4.69, 9.17) is 16.2 Å². The van der Waals surface area contributed by atoms with Crippen LogP contribution in [0.2, 0.25) is 0 Å². The Kier molecular flexibility index (Phi) is 5.87. The minimum atomic E-state index is -2.05. The molecule has 0 radical (unpaired) electrons. The Morgan fingerprint density at radius 1 is 1.39 bits per heavy atom. The number of hydrogen-bond acceptors (Lipinski definition) is 10. The fourth-order valence-corrected chi connectivity index (χ4v) is 4.21. The second kappa shape index (κ2) is 8.02. The molecule has 0 aliphatic carbocycles. The van der Waals surface area contributed by atoms with Gasteiger partial charge in [-0.05, 0) is 19.4 Å². The van der Waals surface area contributed by atoms with Gasteiger partial charge in [0.2, 0.25) is 5.79 Å². The van der Waals surface area contributed by atoms with Crippen LogP contribution in [0.15, 0.2) is 17.4 Å². The van der Waals surface area contributed by atoms with E-state index in [9.17, 15) is 15.0 Å². The van der Waals surface area contributed by atoms with Crippen molar-refractivity contribution in [1.29, 1.82) is 0 Å². The van der Waals surface area contributed by atoms with Gasteiger partial charge in [-0.2, -0.15) is 0 Å². The average molecular weight is 397 g/mol. The molecule has 3 aliphatic rings. The van der Waals surface area contributed by atoms with Crippen LogP contribution < -0.4 is 27.4 Å². The van der Waals surface area contributed by atoms with Crippen molar-refractivity contribution in [2.75, 3.05) is 26.2 Å². The first kappa shape index (κ1) is 20.5. The van der Waals surface area contributed by atoms with Gasteiger partial charge in [0.05, 0.1) is 5.82 Å². The smallest absolute Gasteiger partial charge is 0.407 e. The number of unbranched alkanes of at least 4 members (excludes halogenated alkanes) is 3. The summed E-state index contributed by atoms with van der Waals surface area (Å²) < 4.78 is 5.30. The summed E-state index contributed by atoms with van der Waals surface area (Å²) in [5.74, 6) is -1.45. The molecule has 9 N–H and O–H groups in total. The van der Waals surface area contributed by atoms with Crippen molar-refractivity contribution in [2.45, 2.75) is 55.6 Å². The molecule has 28 heavy (non-hydrogen) atoms. The molecule has 2 fully saturated rings. The molecule has 158 valence electrons. The molecular weight excluding hydrogens is 366 g/mol. The molecule has 0 aromatic rings. The van der Waals surface area contributed by atoms with Crippen LogP contribution in [0.25, 0.3) is 0 Å². The Balaban J connectivity index is 1.57. The lowest BCUT2D eigenvalue weighted by atomic mass is 9.87. The fourth-order valence-electron chi connectivity index (χ4n) is 4.21. The monoisotopic (exact) mass is 397 g/mol. The first-order valence-electron chi connectivity index (χ1n) is 9.72. The topological polar surface area (TPSA) is 170 Å². The number of aliphatic imine (C=N–C) groups is 1. The third kappa shape index (κ3) is 3.56. The number of nitrogens with zero attached hydrogens (tertiary/aromatic N) is 2. The van der Waals surface area contributed by atoms with Crippen molar-refractivity contribution < 1.29 is 19.7 Å². The highest BCUT2D eigenvalue weighted by atomic mass is 16.5. The van der Waals surface area contributed by atoms with E-state index in [0.717, 1.165) is 25.7 Å². The fraction of sp³-hybridized carbons (Fsp3) is 0.765. The summed E-state index contributed by atoms with van der Waals surface area (Å²) in [4.78, 5) is 18.0. The SMILES string of the molecule is C=C1N[C@H]2[C@H](COC(=O)NCCCCCCN)N=C(N)N3CCC(O)(O)[C@]23N1. The van der Waals surface area contributed by atoms with Crippen molar-refractivity contribution in [3.8, 4) is 0 Å². The standard InChI is InChI=1S/C17H31N7O4/c1-11-21-13-12(10-28-15(25)20-8-5-3-2-4-7-18)22-14(19)24-9-6-16(26,27)17(13,24)23-11/h12-13,21,23,26-27H,1-10,18H2,(H2,19,22)(H,20,25)/t12-,13-,17-/m0/s1. The number of aliphatic hydroxyl groups is 2. The van der Waals surface area contributed by atoms with Crippen molar-refractivity contribution in [3.63, 3.8) is 0 Å². The first-order chi connectivity index (χ1) is 13.3. The summed E-state index contributed by atoms with van der Waals surface area (Å²) in [6.45, 7) is 5.31. The number of alkyl carbamates (subject to hydrolysis) is 1. The number of rotatable bonds is 8. The third-order valence-corrected chi connectivity index (χ3v) is 5.59. The molecule has 1 spiro atoms. The van der Waals surface area contributed by atoms with Crippen LogP contribution in [0, 0.1) is 0 Å². The minimum absolute atomic E-state index is 0.0575. The summed E-state index contributed by atoms with van der Waals surface area (Å²) in [5.41, 5.74) is 10.2. The number of carbonyl (C=O) groups is 1. The molecule has 0 unspecified atom stereocenters. The second-order valence-corrected chi connectivity index (χ2v) is 7.49. The van der Waals surface area contributed by atoms with Crippen LogP contribution in [0.1, 0.15) is 32.1 Å². The highest BCUT2D eigenvalue weighted by Crippen LogP contribution is 2.44. The highest BCUT2D eigenvalue weighted by molar-refractivity contribution is 5.81. The van der Waals surface area contributed by atoms with Crippen molar-refractivity contribution in [2.24, 2.45) is 16.5 Å². The zero-order chi connectivity index (χ0) is 20.4. The number of nitrogens with one attached hydrogen (secondary N) is 3. The number of guanidine groups is 1. The highest BCUT2D eigenvalue weighted by Gasteiger charge is 2.69. The van der Waals surface area contributed by atoms with E-state index in [2.05, 4.69) is 27.5 Å². The molecule has 3 atom stereocenters. The van der Waals surface area contributed by atoms with Gasteiger partial charge < -0.3 is 47.3 Å². The molecule has 0 aromatic heterocycles. The number of amides is 1. The number of ether oxygens (including phenoxy) is 1. The van der Waals surface area contributed by atoms with Crippen molar-refractivity contribution in [3.05, 3.63) is 12.4 Å². The first-order valence-corrected chi connectivity index (χ1v) is 9.72. The number of nitrogens with two attached hydrogens (primary N) is 2. The summed E-state index contributed by atoms with van der Waals surface area (Å²) in [7, 11) is 0. The van der Waals surface area contributed by atoms with Gasteiger partial charge in [0, 0.05) is 19.5 Å². The van der Waals surface area contributed by atoms with E-state index in [-0.39, 0.29) is 19.0 Å². The summed E-state index contributed by atoms with van der Waals surface area (Å²) in [6.07, 6.45) is 3.42. The maximum absolute atomic E-state index is 12.0. The summed E-state index contributed by atoms with van der Waals surface area (Å²) in [5, 5.41) is 30.1. The largest absolute Gasteiger partial charge is 0.447 e. The second-order valence-electron chi connectivity index (χ2n) is 7.49. The van der Waals surface area contributed by atoms with Crippen molar-refractivity contribution >= 4 is 12.1 Å². The van der Waals surface area contributed by atoms with Gasteiger partial charge in [-0.25, -0.2) is 9.79 Å². The molecule has 2 saturated heterocycles. The van der Waals surface area contributed by atoms with Gasteiger partial charge >= 0.3 is 6.09 Å². The van der Waals surface area contributed by atoms with E-state index >= 15 is 0 Å². The zero-order valence-corrected chi connectivity index (χ0v) is 16.0. The molecule has 11 nitrogen and oxygen atoms in total. The van der Waals surface area contributed by atoms with Crippen LogP contribution in [-0.2, 0) is 4.74 Å². The van der Waals surface area contributed by atoms with E-state index < -0.39 is 29.6 Å². The molecule has 0 aromatic carbocycles.